The summed E-state index contributed by atoms with van der Waals surface area (Å²) in [5.41, 5.74) is 2.01. The van der Waals surface area contributed by atoms with Gasteiger partial charge in [-0.2, -0.15) is 5.10 Å². The van der Waals surface area contributed by atoms with Gasteiger partial charge in [-0.1, -0.05) is 45.0 Å². The Morgan fingerprint density at radius 1 is 1.24 bits per heavy atom. The summed E-state index contributed by atoms with van der Waals surface area (Å²) in [5.74, 6) is 0.566. The van der Waals surface area contributed by atoms with Crippen molar-refractivity contribution in [1.82, 2.24) is 15.1 Å². The molecule has 0 saturated heterocycles. The maximum Gasteiger partial charge on any atom is 0.220 e. The molecular formula is C20H29N3O2. The minimum Gasteiger partial charge on any atom is -0.383 e. The summed E-state index contributed by atoms with van der Waals surface area (Å²) < 4.78 is 1.63. The molecule has 0 spiro atoms. The second-order valence-corrected chi connectivity index (χ2v) is 7.38. The van der Waals surface area contributed by atoms with Crippen LogP contribution in [-0.2, 0) is 17.4 Å². The standard InChI is InChI=1S/C20H29N3O2/c1-14(2)16-6-8-17(9-7-16)15(3)10-19(24)21-13-20(4,25)18-11-22-23(5)12-18/h6-9,11-12,14-15,25H,10,13H2,1-5H3,(H,21,24). The molecular weight excluding hydrogens is 314 g/mol. The molecule has 1 amide bonds. The zero-order valence-electron chi connectivity index (χ0n) is 15.8. The van der Waals surface area contributed by atoms with Crippen LogP contribution >= 0.6 is 0 Å². The van der Waals surface area contributed by atoms with Gasteiger partial charge >= 0.3 is 0 Å². The van der Waals surface area contributed by atoms with Gasteiger partial charge in [0.25, 0.3) is 0 Å². The molecule has 0 aliphatic heterocycles. The maximum absolute atomic E-state index is 12.2. The number of amides is 1. The lowest BCUT2D eigenvalue weighted by atomic mass is 9.94. The van der Waals surface area contributed by atoms with Crippen LogP contribution in [0.4, 0.5) is 0 Å². The smallest absolute Gasteiger partial charge is 0.220 e. The van der Waals surface area contributed by atoms with E-state index in [1.54, 1.807) is 31.0 Å². The Balaban J connectivity index is 1.89. The first-order chi connectivity index (χ1) is 11.7. The van der Waals surface area contributed by atoms with Crippen molar-refractivity contribution < 1.29 is 9.90 Å². The molecule has 136 valence electrons. The molecule has 1 aromatic heterocycles. The van der Waals surface area contributed by atoms with E-state index >= 15 is 0 Å². The Hall–Kier alpha value is -2.14. The van der Waals surface area contributed by atoms with Crippen LogP contribution in [0, 0.1) is 0 Å². The van der Waals surface area contributed by atoms with Crippen molar-refractivity contribution in [2.24, 2.45) is 7.05 Å². The van der Waals surface area contributed by atoms with E-state index < -0.39 is 5.60 Å². The van der Waals surface area contributed by atoms with E-state index in [-0.39, 0.29) is 18.4 Å². The van der Waals surface area contributed by atoms with Crippen LogP contribution in [0.3, 0.4) is 0 Å². The first-order valence-electron chi connectivity index (χ1n) is 8.77. The highest BCUT2D eigenvalue weighted by atomic mass is 16.3. The fraction of sp³-hybridized carbons (Fsp3) is 0.500. The number of hydrogen-bond donors (Lipinski definition) is 2. The van der Waals surface area contributed by atoms with Gasteiger partial charge in [-0.05, 0) is 29.9 Å². The molecule has 2 atom stereocenters. The number of aryl methyl sites for hydroxylation is 1. The Morgan fingerprint density at radius 3 is 2.36 bits per heavy atom. The molecule has 0 saturated carbocycles. The number of aromatic nitrogens is 2. The SMILES string of the molecule is CC(C)c1ccc(C(C)CC(=O)NCC(C)(O)c2cnn(C)c2)cc1. The van der Waals surface area contributed by atoms with Crippen LogP contribution in [0.5, 0.6) is 0 Å². The van der Waals surface area contributed by atoms with E-state index in [0.29, 0.717) is 17.9 Å². The van der Waals surface area contributed by atoms with Gasteiger partial charge in [-0.25, -0.2) is 0 Å². The average Bonchev–Trinajstić information content (AvgIpc) is 3.00. The Morgan fingerprint density at radius 2 is 1.84 bits per heavy atom. The van der Waals surface area contributed by atoms with Gasteiger partial charge in [0.1, 0.15) is 5.60 Å². The van der Waals surface area contributed by atoms with E-state index in [0.717, 1.165) is 5.56 Å². The predicted molar refractivity (Wildman–Crippen MR) is 99.4 cm³/mol. The molecule has 25 heavy (non-hydrogen) atoms. The molecule has 2 unspecified atom stereocenters. The number of rotatable bonds is 7. The quantitative estimate of drug-likeness (QED) is 0.812. The number of nitrogens with zero attached hydrogens (tertiary/aromatic N) is 2. The molecule has 0 aliphatic carbocycles. The molecule has 2 aromatic rings. The van der Waals surface area contributed by atoms with Crippen LogP contribution in [0.15, 0.2) is 36.7 Å². The Labute approximate surface area is 150 Å². The fourth-order valence-electron chi connectivity index (χ4n) is 2.75. The van der Waals surface area contributed by atoms with E-state index in [1.165, 1.54) is 5.56 Å². The first-order valence-corrected chi connectivity index (χ1v) is 8.77. The third-order valence-corrected chi connectivity index (χ3v) is 4.62. The number of nitrogens with one attached hydrogen (secondary N) is 1. The van der Waals surface area contributed by atoms with Gasteiger partial charge in [-0.3, -0.25) is 9.48 Å². The molecule has 0 fully saturated rings. The van der Waals surface area contributed by atoms with Crippen molar-refractivity contribution in [1.29, 1.82) is 0 Å². The fourth-order valence-corrected chi connectivity index (χ4v) is 2.75. The van der Waals surface area contributed by atoms with Crippen LogP contribution < -0.4 is 5.32 Å². The van der Waals surface area contributed by atoms with E-state index in [9.17, 15) is 9.90 Å². The second-order valence-electron chi connectivity index (χ2n) is 7.38. The van der Waals surface area contributed by atoms with Crippen LogP contribution in [-0.4, -0.2) is 27.3 Å². The number of benzene rings is 1. The Kier molecular flexibility index (Phi) is 6.01. The predicted octanol–water partition coefficient (Wildman–Crippen LogP) is 3.06. The van der Waals surface area contributed by atoms with Crippen molar-refractivity contribution in [3.8, 4) is 0 Å². The number of carbonyl (C=O) groups is 1. The molecule has 2 N–H and O–H groups in total. The molecule has 1 aromatic carbocycles. The number of aliphatic hydroxyl groups is 1. The zero-order valence-corrected chi connectivity index (χ0v) is 15.8. The third kappa shape index (κ3) is 5.16. The molecule has 0 bridgehead atoms. The molecule has 5 heteroatoms. The Bertz CT molecular complexity index is 702. The van der Waals surface area contributed by atoms with Gasteiger partial charge in [0.15, 0.2) is 0 Å². The highest BCUT2D eigenvalue weighted by molar-refractivity contribution is 5.76. The summed E-state index contributed by atoms with van der Waals surface area (Å²) in [5, 5.41) is 17.4. The van der Waals surface area contributed by atoms with Crippen molar-refractivity contribution in [3.63, 3.8) is 0 Å². The van der Waals surface area contributed by atoms with Crippen molar-refractivity contribution in [3.05, 3.63) is 53.3 Å². The summed E-state index contributed by atoms with van der Waals surface area (Å²) in [7, 11) is 1.80. The molecule has 0 aliphatic rings. The summed E-state index contributed by atoms with van der Waals surface area (Å²) in [4.78, 5) is 12.2. The van der Waals surface area contributed by atoms with E-state index in [2.05, 4.69) is 48.5 Å². The van der Waals surface area contributed by atoms with Crippen molar-refractivity contribution >= 4 is 5.91 Å². The highest BCUT2D eigenvalue weighted by Crippen LogP contribution is 2.23. The van der Waals surface area contributed by atoms with Crippen LogP contribution in [0.1, 0.15) is 62.6 Å². The van der Waals surface area contributed by atoms with Gasteiger partial charge in [0, 0.05) is 25.2 Å². The lowest BCUT2D eigenvalue weighted by Crippen LogP contribution is -2.38. The van der Waals surface area contributed by atoms with Gasteiger partial charge < -0.3 is 10.4 Å². The average molecular weight is 343 g/mol. The summed E-state index contributed by atoms with van der Waals surface area (Å²) >= 11 is 0. The lowest BCUT2D eigenvalue weighted by Gasteiger charge is -2.23. The minimum atomic E-state index is -1.13. The van der Waals surface area contributed by atoms with Crippen LogP contribution in [0.2, 0.25) is 0 Å². The third-order valence-electron chi connectivity index (χ3n) is 4.62. The zero-order chi connectivity index (χ0) is 18.6. The van der Waals surface area contributed by atoms with Gasteiger partial charge in [0.05, 0.1) is 12.7 Å². The van der Waals surface area contributed by atoms with Crippen molar-refractivity contribution in [2.75, 3.05) is 6.54 Å². The lowest BCUT2D eigenvalue weighted by molar-refractivity contribution is -0.122. The second kappa shape index (κ2) is 7.83. The monoisotopic (exact) mass is 343 g/mol. The first kappa shape index (κ1) is 19.2. The molecule has 1 heterocycles. The summed E-state index contributed by atoms with van der Waals surface area (Å²) in [6.07, 6.45) is 3.76. The minimum absolute atomic E-state index is 0.0652. The molecule has 0 radical (unpaired) electrons. The number of carbonyl (C=O) groups excluding carboxylic acids is 1. The van der Waals surface area contributed by atoms with E-state index in [4.69, 9.17) is 0 Å². The normalized spacial score (nSPS) is 15.0. The van der Waals surface area contributed by atoms with Crippen LogP contribution in [0.25, 0.3) is 0 Å². The summed E-state index contributed by atoms with van der Waals surface area (Å²) in [6, 6.07) is 8.45. The van der Waals surface area contributed by atoms with Gasteiger partial charge in [0.2, 0.25) is 5.91 Å². The van der Waals surface area contributed by atoms with E-state index in [1.807, 2.05) is 6.92 Å². The largest absolute Gasteiger partial charge is 0.383 e. The number of hydrogen-bond acceptors (Lipinski definition) is 3. The highest BCUT2D eigenvalue weighted by Gasteiger charge is 2.25. The topological polar surface area (TPSA) is 67.2 Å². The summed E-state index contributed by atoms with van der Waals surface area (Å²) in [6.45, 7) is 8.22. The van der Waals surface area contributed by atoms with Gasteiger partial charge in [-0.15, -0.1) is 0 Å². The molecule has 5 nitrogen and oxygen atoms in total. The molecule has 2 rings (SSSR count). The maximum atomic E-state index is 12.2. The van der Waals surface area contributed by atoms with Crippen molar-refractivity contribution in [2.45, 2.75) is 51.6 Å².